The van der Waals surface area contributed by atoms with Gasteiger partial charge in [0.25, 0.3) is 0 Å². The Labute approximate surface area is 170 Å². The molecule has 0 saturated carbocycles. The van der Waals surface area contributed by atoms with Crippen LogP contribution in [0.1, 0.15) is 0 Å². The first-order valence-corrected chi connectivity index (χ1v) is 9.39. The lowest BCUT2D eigenvalue weighted by Crippen LogP contribution is -2.00. The van der Waals surface area contributed by atoms with Crippen molar-refractivity contribution in [2.75, 3.05) is 0 Å². The van der Waals surface area contributed by atoms with Gasteiger partial charge < -0.3 is 0 Å². The van der Waals surface area contributed by atoms with E-state index in [-0.39, 0.29) is 5.56 Å². The van der Waals surface area contributed by atoms with Crippen LogP contribution in [0.25, 0.3) is 43.8 Å². The third kappa shape index (κ3) is 2.76. The lowest BCUT2D eigenvalue weighted by molar-refractivity contribution is 0.437. The van der Waals surface area contributed by atoms with Gasteiger partial charge in [0.2, 0.25) is 0 Å². The van der Waals surface area contributed by atoms with Gasteiger partial charge in [-0.2, -0.15) is 0 Å². The van der Waals surface area contributed by atoms with Gasteiger partial charge in [0.1, 0.15) is 5.82 Å². The van der Waals surface area contributed by atoms with Crippen LogP contribution < -0.4 is 0 Å². The van der Waals surface area contributed by atoms with Gasteiger partial charge in [0.05, 0.1) is 5.56 Å². The molecule has 0 nitrogen and oxygen atoms in total. The van der Waals surface area contributed by atoms with E-state index < -0.39 is 28.8 Å². The van der Waals surface area contributed by atoms with Crippen LogP contribution in [0.3, 0.4) is 0 Å². The standard InChI is InChI=1S/C26H14F4/c27-21-14-22(28)25(29)26(30)24(21)20-13-12-16-7-2-4-10-18(16)23(20)19-11-5-8-15-6-1-3-9-17(15)19/h1-14H. The van der Waals surface area contributed by atoms with Crippen LogP contribution in [0, 0.1) is 23.3 Å². The Hall–Kier alpha value is -3.66. The van der Waals surface area contributed by atoms with E-state index in [1.807, 2.05) is 66.7 Å². The maximum absolute atomic E-state index is 14.8. The number of rotatable bonds is 2. The highest BCUT2D eigenvalue weighted by atomic mass is 19.2. The summed E-state index contributed by atoms with van der Waals surface area (Å²) in [5.41, 5.74) is 0.902. The highest BCUT2D eigenvalue weighted by Crippen LogP contribution is 2.43. The molecular formula is C26H14F4. The topological polar surface area (TPSA) is 0 Å². The molecule has 30 heavy (non-hydrogen) atoms. The molecule has 0 aliphatic rings. The summed E-state index contributed by atoms with van der Waals surface area (Å²) in [6.07, 6.45) is 0. The Morgan fingerprint density at radius 1 is 0.433 bits per heavy atom. The van der Waals surface area contributed by atoms with Crippen LogP contribution >= 0.6 is 0 Å². The molecule has 0 atom stereocenters. The molecule has 0 N–H and O–H groups in total. The smallest absolute Gasteiger partial charge is 0.195 e. The molecule has 0 aliphatic heterocycles. The largest absolute Gasteiger partial charge is 0.206 e. The van der Waals surface area contributed by atoms with E-state index in [4.69, 9.17) is 0 Å². The lowest BCUT2D eigenvalue weighted by atomic mass is 9.87. The second-order valence-electron chi connectivity index (χ2n) is 7.08. The van der Waals surface area contributed by atoms with Crippen molar-refractivity contribution in [3.63, 3.8) is 0 Å². The summed E-state index contributed by atoms with van der Waals surface area (Å²) in [4.78, 5) is 0. The average molecular weight is 402 g/mol. The zero-order valence-electron chi connectivity index (χ0n) is 15.6. The van der Waals surface area contributed by atoms with Crippen molar-refractivity contribution in [3.8, 4) is 22.3 Å². The van der Waals surface area contributed by atoms with Crippen molar-refractivity contribution in [2.45, 2.75) is 0 Å². The minimum absolute atomic E-state index is 0.166. The zero-order valence-corrected chi connectivity index (χ0v) is 15.6. The first-order chi connectivity index (χ1) is 14.6. The summed E-state index contributed by atoms with van der Waals surface area (Å²) in [7, 11) is 0. The third-order valence-electron chi connectivity index (χ3n) is 5.37. The van der Waals surface area contributed by atoms with Crippen LogP contribution in [0.2, 0.25) is 0 Å². The first kappa shape index (κ1) is 18.4. The van der Waals surface area contributed by atoms with Gasteiger partial charge in [-0.3, -0.25) is 0 Å². The Morgan fingerprint density at radius 3 is 1.83 bits per heavy atom. The van der Waals surface area contributed by atoms with Gasteiger partial charge in [0.15, 0.2) is 17.5 Å². The number of fused-ring (bicyclic) bond motifs is 2. The molecule has 0 heterocycles. The summed E-state index contributed by atoms with van der Waals surface area (Å²) < 4.78 is 57.1. The van der Waals surface area contributed by atoms with Crippen molar-refractivity contribution in [1.29, 1.82) is 0 Å². The van der Waals surface area contributed by atoms with Crippen LogP contribution in [0.15, 0.2) is 84.9 Å². The maximum atomic E-state index is 14.8. The van der Waals surface area contributed by atoms with Gasteiger partial charge in [-0.1, -0.05) is 78.9 Å². The van der Waals surface area contributed by atoms with Gasteiger partial charge in [0, 0.05) is 6.07 Å². The molecule has 4 heteroatoms. The molecule has 0 fully saturated rings. The predicted molar refractivity (Wildman–Crippen MR) is 112 cm³/mol. The van der Waals surface area contributed by atoms with Crippen molar-refractivity contribution >= 4 is 21.5 Å². The minimum Gasteiger partial charge on any atom is -0.206 e. The van der Waals surface area contributed by atoms with Gasteiger partial charge in [-0.25, -0.2) is 17.6 Å². The molecule has 0 amide bonds. The number of benzene rings is 5. The first-order valence-electron chi connectivity index (χ1n) is 9.39. The van der Waals surface area contributed by atoms with Crippen molar-refractivity contribution in [1.82, 2.24) is 0 Å². The lowest BCUT2D eigenvalue weighted by Gasteiger charge is -2.17. The summed E-state index contributed by atoms with van der Waals surface area (Å²) in [5, 5.41) is 3.48. The monoisotopic (exact) mass is 402 g/mol. The molecule has 5 aromatic rings. The van der Waals surface area contributed by atoms with E-state index in [0.29, 0.717) is 11.6 Å². The molecule has 5 aromatic carbocycles. The molecule has 0 radical (unpaired) electrons. The normalized spacial score (nSPS) is 11.3. The summed E-state index contributed by atoms with van der Waals surface area (Å²) in [6, 6.07) is 24.4. The molecule has 146 valence electrons. The van der Waals surface area contributed by atoms with E-state index in [9.17, 15) is 17.6 Å². The number of hydrogen-bond donors (Lipinski definition) is 0. The molecule has 5 rings (SSSR count). The second-order valence-corrected chi connectivity index (χ2v) is 7.08. The second kappa shape index (κ2) is 6.99. The Balaban J connectivity index is 1.97. The SMILES string of the molecule is Fc1cc(F)c(-c2ccc3ccccc3c2-c2cccc3ccccc23)c(F)c1F. The van der Waals surface area contributed by atoms with Gasteiger partial charge in [-0.05, 0) is 38.2 Å². The molecule has 0 bridgehead atoms. The highest BCUT2D eigenvalue weighted by Gasteiger charge is 2.24. The van der Waals surface area contributed by atoms with Crippen molar-refractivity contribution in [3.05, 3.63) is 108 Å². The van der Waals surface area contributed by atoms with Crippen LogP contribution in [-0.4, -0.2) is 0 Å². The molecule has 0 aliphatic carbocycles. The summed E-state index contributed by atoms with van der Waals surface area (Å²) in [6.45, 7) is 0. The fourth-order valence-corrected chi connectivity index (χ4v) is 4.03. The Morgan fingerprint density at radius 2 is 1.07 bits per heavy atom. The van der Waals surface area contributed by atoms with Crippen molar-refractivity contribution in [2.24, 2.45) is 0 Å². The molecular weight excluding hydrogens is 388 g/mol. The highest BCUT2D eigenvalue weighted by molar-refractivity contribution is 6.10. The number of halogens is 4. The third-order valence-corrected chi connectivity index (χ3v) is 5.37. The average Bonchev–Trinajstić information content (AvgIpc) is 2.77. The predicted octanol–water partition coefficient (Wildman–Crippen LogP) is 7.88. The molecule has 0 unspecified atom stereocenters. The zero-order chi connectivity index (χ0) is 20.8. The molecule has 0 saturated heterocycles. The quantitative estimate of drug-likeness (QED) is 0.160. The van der Waals surface area contributed by atoms with Crippen molar-refractivity contribution < 1.29 is 17.6 Å². The van der Waals surface area contributed by atoms with E-state index in [1.54, 1.807) is 12.1 Å². The van der Waals surface area contributed by atoms with E-state index in [0.717, 1.165) is 27.1 Å². The minimum atomic E-state index is -1.69. The van der Waals surface area contributed by atoms with E-state index in [2.05, 4.69) is 0 Å². The molecule has 0 aromatic heterocycles. The van der Waals surface area contributed by atoms with Crippen LogP contribution in [0.5, 0.6) is 0 Å². The van der Waals surface area contributed by atoms with E-state index >= 15 is 0 Å². The fraction of sp³-hybridized carbons (Fsp3) is 0. The van der Waals surface area contributed by atoms with Crippen LogP contribution in [0.4, 0.5) is 17.6 Å². The van der Waals surface area contributed by atoms with Crippen LogP contribution in [-0.2, 0) is 0 Å². The Kier molecular flexibility index (Phi) is 4.28. The van der Waals surface area contributed by atoms with E-state index in [1.165, 1.54) is 0 Å². The number of hydrogen-bond acceptors (Lipinski definition) is 0. The maximum Gasteiger partial charge on any atom is 0.195 e. The van der Waals surface area contributed by atoms with Gasteiger partial charge in [-0.15, -0.1) is 0 Å². The fourth-order valence-electron chi connectivity index (χ4n) is 4.03. The molecule has 0 spiro atoms. The summed E-state index contributed by atoms with van der Waals surface area (Å²) >= 11 is 0. The van der Waals surface area contributed by atoms with Gasteiger partial charge >= 0.3 is 0 Å². The Bertz CT molecular complexity index is 1430. The summed E-state index contributed by atoms with van der Waals surface area (Å²) in [5.74, 6) is -5.93.